The van der Waals surface area contributed by atoms with Crippen LogP contribution in [-0.2, 0) is 14.8 Å². The number of carbonyl (C=O) groups is 1. The highest BCUT2D eigenvalue weighted by molar-refractivity contribution is 7.92. The minimum atomic E-state index is -3.54. The molecule has 140 valence electrons. The molecule has 0 aliphatic heterocycles. The quantitative estimate of drug-likeness (QED) is 0.768. The molecule has 1 atom stereocenters. The van der Waals surface area contributed by atoms with Gasteiger partial charge in [-0.3, -0.25) is 9.10 Å². The molecule has 2 rings (SSSR count). The molecule has 0 radical (unpaired) electrons. The summed E-state index contributed by atoms with van der Waals surface area (Å²) in [6.45, 7) is 1.86. The van der Waals surface area contributed by atoms with Gasteiger partial charge in [-0.05, 0) is 36.2 Å². The van der Waals surface area contributed by atoms with Gasteiger partial charge in [0.05, 0.1) is 17.4 Å². The van der Waals surface area contributed by atoms with E-state index in [2.05, 4.69) is 5.32 Å². The summed E-state index contributed by atoms with van der Waals surface area (Å²) in [5.74, 6) is -1.27. The number of rotatable bonds is 8. The Labute approximate surface area is 153 Å². The number of nitrogens with one attached hydrogen (secondary N) is 1. The number of nitrogens with zero attached hydrogens (tertiary/aromatic N) is 1. The Morgan fingerprint density at radius 2 is 1.73 bits per heavy atom. The first kappa shape index (κ1) is 19.9. The van der Waals surface area contributed by atoms with Crippen molar-refractivity contribution in [3.05, 3.63) is 66.0 Å². The van der Waals surface area contributed by atoms with Gasteiger partial charge < -0.3 is 5.32 Å². The molecule has 5 nitrogen and oxygen atoms in total. The molecule has 0 heterocycles. The van der Waals surface area contributed by atoms with E-state index >= 15 is 0 Å². The Balaban J connectivity index is 1.95. The zero-order valence-corrected chi connectivity index (χ0v) is 15.7. The van der Waals surface area contributed by atoms with Gasteiger partial charge in [0.25, 0.3) is 0 Å². The van der Waals surface area contributed by atoms with Crippen LogP contribution in [0.1, 0.15) is 24.8 Å². The lowest BCUT2D eigenvalue weighted by Gasteiger charge is -2.20. The van der Waals surface area contributed by atoms with Crippen molar-refractivity contribution in [2.75, 3.05) is 23.7 Å². The minimum Gasteiger partial charge on any atom is -0.354 e. The number of para-hydroxylation sites is 1. The summed E-state index contributed by atoms with van der Waals surface area (Å²) in [5, 5.41) is 2.67. The maximum absolute atomic E-state index is 13.0. The number of hydrogen-bond donors (Lipinski definition) is 1. The SMILES string of the molecule is CCC(C(=O)NCCS(=O)(=O)N(C)c1ccccc1)c1ccc(F)cc1. The molecule has 2 aromatic rings. The molecular weight excluding hydrogens is 355 g/mol. The second-order valence-electron chi connectivity index (χ2n) is 5.92. The van der Waals surface area contributed by atoms with Gasteiger partial charge in [-0.2, -0.15) is 0 Å². The van der Waals surface area contributed by atoms with Crippen molar-refractivity contribution in [1.29, 1.82) is 0 Å². The number of sulfonamides is 1. The lowest BCUT2D eigenvalue weighted by molar-refractivity contribution is -0.122. The zero-order chi connectivity index (χ0) is 19.2. The average Bonchev–Trinajstić information content (AvgIpc) is 2.64. The number of halogens is 1. The van der Waals surface area contributed by atoms with E-state index in [0.717, 1.165) is 0 Å². The van der Waals surface area contributed by atoms with E-state index in [4.69, 9.17) is 0 Å². The first-order valence-electron chi connectivity index (χ1n) is 8.40. The van der Waals surface area contributed by atoms with Crippen molar-refractivity contribution in [2.45, 2.75) is 19.3 Å². The van der Waals surface area contributed by atoms with Crippen molar-refractivity contribution in [3.63, 3.8) is 0 Å². The summed E-state index contributed by atoms with van der Waals surface area (Å²) >= 11 is 0. The van der Waals surface area contributed by atoms with Crippen LogP contribution >= 0.6 is 0 Å². The molecule has 0 aliphatic rings. The Morgan fingerprint density at radius 3 is 2.31 bits per heavy atom. The highest BCUT2D eigenvalue weighted by Gasteiger charge is 2.21. The number of benzene rings is 2. The van der Waals surface area contributed by atoms with Crippen LogP contribution in [0.2, 0.25) is 0 Å². The van der Waals surface area contributed by atoms with Crippen LogP contribution in [0.25, 0.3) is 0 Å². The van der Waals surface area contributed by atoms with Crippen LogP contribution in [0.3, 0.4) is 0 Å². The van der Waals surface area contributed by atoms with Crippen molar-refractivity contribution >= 4 is 21.6 Å². The van der Waals surface area contributed by atoms with Crippen molar-refractivity contribution in [1.82, 2.24) is 5.32 Å². The predicted octanol–water partition coefficient (Wildman–Crippen LogP) is 2.90. The summed E-state index contributed by atoms with van der Waals surface area (Å²) in [7, 11) is -2.06. The summed E-state index contributed by atoms with van der Waals surface area (Å²) in [6, 6.07) is 14.5. The molecule has 0 aliphatic carbocycles. The van der Waals surface area contributed by atoms with E-state index in [9.17, 15) is 17.6 Å². The Morgan fingerprint density at radius 1 is 1.12 bits per heavy atom. The van der Waals surface area contributed by atoms with E-state index in [1.807, 2.05) is 13.0 Å². The van der Waals surface area contributed by atoms with Crippen LogP contribution in [0.5, 0.6) is 0 Å². The van der Waals surface area contributed by atoms with Gasteiger partial charge in [0.1, 0.15) is 5.82 Å². The van der Waals surface area contributed by atoms with E-state index in [-0.39, 0.29) is 24.0 Å². The minimum absolute atomic E-state index is 0.00996. The van der Waals surface area contributed by atoms with Crippen LogP contribution in [-0.4, -0.2) is 33.7 Å². The van der Waals surface area contributed by atoms with Gasteiger partial charge in [-0.1, -0.05) is 37.3 Å². The fourth-order valence-corrected chi connectivity index (χ4v) is 3.71. The number of carbonyl (C=O) groups excluding carboxylic acids is 1. The molecule has 2 aromatic carbocycles. The van der Waals surface area contributed by atoms with E-state index in [0.29, 0.717) is 17.7 Å². The highest BCUT2D eigenvalue weighted by atomic mass is 32.2. The zero-order valence-electron chi connectivity index (χ0n) is 14.9. The third-order valence-electron chi connectivity index (χ3n) is 4.19. The molecule has 0 bridgehead atoms. The largest absolute Gasteiger partial charge is 0.354 e. The number of hydrogen-bond acceptors (Lipinski definition) is 3. The van der Waals surface area contributed by atoms with Crippen LogP contribution in [0.4, 0.5) is 10.1 Å². The molecule has 0 fully saturated rings. The molecule has 1 unspecified atom stereocenters. The van der Waals surface area contributed by atoms with E-state index in [1.54, 1.807) is 36.4 Å². The molecule has 1 amide bonds. The highest BCUT2D eigenvalue weighted by Crippen LogP contribution is 2.20. The number of amides is 1. The van der Waals surface area contributed by atoms with Gasteiger partial charge in [0.15, 0.2) is 0 Å². The third-order valence-corrected chi connectivity index (χ3v) is 5.96. The molecular formula is C19H23FN2O3S. The monoisotopic (exact) mass is 378 g/mol. The summed E-state index contributed by atoms with van der Waals surface area (Å²) in [6.07, 6.45) is 0.536. The summed E-state index contributed by atoms with van der Waals surface area (Å²) in [5.41, 5.74) is 1.27. The van der Waals surface area contributed by atoms with E-state index < -0.39 is 15.9 Å². The van der Waals surface area contributed by atoms with Crippen molar-refractivity contribution in [3.8, 4) is 0 Å². The molecule has 7 heteroatoms. The summed E-state index contributed by atoms with van der Waals surface area (Å²) < 4.78 is 39.0. The molecule has 1 N–H and O–H groups in total. The van der Waals surface area contributed by atoms with Crippen molar-refractivity contribution in [2.24, 2.45) is 0 Å². The fraction of sp³-hybridized carbons (Fsp3) is 0.316. The van der Waals surface area contributed by atoms with E-state index in [1.165, 1.54) is 23.5 Å². The lowest BCUT2D eigenvalue weighted by Crippen LogP contribution is -2.37. The standard InChI is InChI=1S/C19H23FN2O3S/c1-3-18(15-9-11-16(20)12-10-15)19(23)21-13-14-26(24,25)22(2)17-7-5-4-6-8-17/h4-12,18H,3,13-14H2,1-2H3,(H,21,23). The van der Waals surface area contributed by atoms with Gasteiger partial charge in [-0.15, -0.1) is 0 Å². The first-order chi connectivity index (χ1) is 12.3. The third kappa shape index (κ3) is 5.05. The first-order valence-corrected chi connectivity index (χ1v) is 10.0. The predicted molar refractivity (Wildman–Crippen MR) is 101 cm³/mol. The van der Waals surface area contributed by atoms with Gasteiger partial charge in [-0.25, -0.2) is 12.8 Å². The maximum Gasteiger partial charge on any atom is 0.236 e. The number of anilines is 1. The fourth-order valence-electron chi connectivity index (χ4n) is 2.63. The molecule has 0 saturated carbocycles. The van der Waals surface area contributed by atoms with Crippen LogP contribution in [0.15, 0.2) is 54.6 Å². The van der Waals surface area contributed by atoms with Crippen LogP contribution < -0.4 is 9.62 Å². The maximum atomic E-state index is 13.0. The van der Waals surface area contributed by atoms with Crippen molar-refractivity contribution < 1.29 is 17.6 Å². The Kier molecular flexibility index (Phi) is 6.74. The topological polar surface area (TPSA) is 66.5 Å². The normalized spacial score (nSPS) is 12.4. The van der Waals surface area contributed by atoms with Gasteiger partial charge in [0.2, 0.25) is 15.9 Å². The Bertz CT molecular complexity index is 824. The second-order valence-corrected chi connectivity index (χ2v) is 8.04. The molecule has 0 aromatic heterocycles. The lowest BCUT2D eigenvalue weighted by atomic mass is 9.95. The molecule has 0 spiro atoms. The Hall–Kier alpha value is -2.41. The van der Waals surface area contributed by atoms with Crippen LogP contribution in [0, 0.1) is 5.82 Å². The average molecular weight is 378 g/mol. The molecule has 26 heavy (non-hydrogen) atoms. The van der Waals surface area contributed by atoms with Gasteiger partial charge in [0, 0.05) is 13.6 Å². The molecule has 0 saturated heterocycles. The van der Waals surface area contributed by atoms with Gasteiger partial charge >= 0.3 is 0 Å². The summed E-state index contributed by atoms with van der Waals surface area (Å²) in [4.78, 5) is 12.4. The smallest absolute Gasteiger partial charge is 0.236 e. The second kappa shape index (κ2) is 8.80.